The average molecular weight is 562 g/mol. The Morgan fingerprint density at radius 2 is 0.720 bits per heavy atom. The van der Waals surface area contributed by atoms with Gasteiger partial charge >= 0.3 is 44.0 Å². The van der Waals surface area contributed by atoms with Crippen molar-refractivity contribution in [2.45, 2.75) is 32.7 Å². The molecule has 1 heterocycles. The zero-order chi connectivity index (χ0) is 17.4. The summed E-state index contributed by atoms with van der Waals surface area (Å²) in [5.41, 5.74) is 0. The molecule has 0 amide bonds. The normalized spacial score (nSPS) is 45.4. The maximum atomic E-state index is 10.4. The molecule has 3 radical (unpaired) electrons. The molecule has 25 heavy (non-hydrogen) atoms. The number of rotatable bonds is 2. The summed E-state index contributed by atoms with van der Waals surface area (Å²) < 4.78 is 37.7. The van der Waals surface area contributed by atoms with E-state index in [0.717, 1.165) is 0 Å². The smallest absolute Gasteiger partial charge is 0.391 e. The van der Waals surface area contributed by atoms with Gasteiger partial charge in [0.25, 0.3) is 0 Å². The zero-order valence-corrected chi connectivity index (χ0v) is 24.2. The van der Waals surface area contributed by atoms with Crippen LogP contribution < -0.4 is 0 Å². The summed E-state index contributed by atoms with van der Waals surface area (Å²) in [7, 11) is -15.7. The molecule has 10 nitrogen and oxygen atoms in total. The van der Waals surface area contributed by atoms with Crippen molar-refractivity contribution in [1.29, 1.82) is 0 Å². The maximum absolute atomic E-state index is 10.4. The summed E-state index contributed by atoms with van der Waals surface area (Å²) in [6, 6.07) is 0. The number of hydrogen-bond acceptors (Lipinski definition) is 10. The van der Waals surface area contributed by atoms with Crippen LogP contribution in [0.2, 0.25) is 32.7 Å². The van der Waals surface area contributed by atoms with E-state index in [1.807, 2.05) is 0 Å². The van der Waals surface area contributed by atoms with Crippen molar-refractivity contribution >= 4 is 44.0 Å². The summed E-state index contributed by atoms with van der Waals surface area (Å²) in [6.07, 6.45) is 0. The Balaban J connectivity index is -0.00000161. The molecule has 1 saturated heterocycles. The summed E-state index contributed by atoms with van der Waals surface area (Å²) in [5, 5.41) is 0. The largest absolute Gasteiger partial charge is 0.482 e. The van der Waals surface area contributed by atoms with Crippen LogP contribution in [-0.2, 0) is 85.1 Å². The first kappa shape index (κ1) is 32.1. The quantitative estimate of drug-likeness (QED) is 0.369. The fraction of sp³-hybridized carbons (Fsp3) is 1.00. The van der Waals surface area contributed by atoms with Gasteiger partial charge in [0.15, 0.2) is 0 Å². The molecular formula is C7H24O10Si5V3. The summed E-state index contributed by atoms with van der Waals surface area (Å²) in [6.45, 7) is 6.91. The van der Waals surface area contributed by atoms with E-state index in [0.29, 0.717) is 0 Å². The molecule has 1 fully saturated rings. The first-order valence-corrected chi connectivity index (χ1v) is 17.7. The SMILES string of the molecule is CO[Si]1(C)O[Si](C)(O)O[Si](C)(O)O[Si](C)(OC)O[Si](C)(O)O1.[V].[V].[V]. The Hall–Kier alpha value is 2.44. The van der Waals surface area contributed by atoms with Crippen LogP contribution in [0.15, 0.2) is 0 Å². The minimum Gasteiger partial charge on any atom is -0.391 e. The Morgan fingerprint density at radius 3 is 0.920 bits per heavy atom. The third kappa shape index (κ3) is 10.7. The van der Waals surface area contributed by atoms with E-state index >= 15 is 0 Å². The fourth-order valence-electron chi connectivity index (χ4n) is 2.00. The van der Waals surface area contributed by atoms with E-state index in [9.17, 15) is 14.4 Å². The van der Waals surface area contributed by atoms with E-state index in [1.54, 1.807) is 0 Å². The molecular weight excluding hydrogens is 537 g/mol. The average Bonchev–Trinajstić information content (AvgIpc) is 2.22. The minimum absolute atomic E-state index is 0. The van der Waals surface area contributed by atoms with Gasteiger partial charge in [-0.3, -0.25) is 0 Å². The molecule has 3 N–H and O–H groups in total. The fourth-order valence-corrected chi connectivity index (χ4v) is 19.9. The van der Waals surface area contributed by atoms with Gasteiger partial charge < -0.3 is 43.8 Å². The molecule has 1 aliphatic rings. The van der Waals surface area contributed by atoms with Crippen molar-refractivity contribution in [3.63, 3.8) is 0 Å². The Bertz CT molecular complexity index is 386. The first-order chi connectivity index (χ1) is 9.66. The van der Waals surface area contributed by atoms with Gasteiger partial charge in [0, 0.05) is 103 Å². The van der Waals surface area contributed by atoms with Crippen molar-refractivity contribution in [1.82, 2.24) is 0 Å². The molecule has 4 unspecified atom stereocenters. The Kier molecular flexibility index (Phi) is 14.1. The van der Waals surface area contributed by atoms with Crippen molar-refractivity contribution in [2.75, 3.05) is 14.2 Å². The van der Waals surface area contributed by atoms with Crippen LogP contribution in [0.4, 0.5) is 0 Å². The minimum atomic E-state index is -3.84. The van der Waals surface area contributed by atoms with E-state index in [1.165, 1.54) is 47.0 Å². The molecule has 0 aromatic rings. The van der Waals surface area contributed by atoms with Gasteiger partial charge in [-0.2, -0.15) is 0 Å². The molecule has 147 valence electrons. The van der Waals surface area contributed by atoms with Crippen molar-refractivity contribution in [3.05, 3.63) is 0 Å². The van der Waals surface area contributed by atoms with Crippen LogP contribution in [-0.4, -0.2) is 72.6 Å². The van der Waals surface area contributed by atoms with Gasteiger partial charge in [-0.1, -0.05) is 0 Å². The molecule has 1 rings (SSSR count). The molecule has 0 bridgehead atoms. The molecule has 0 aromatic heterocycles. The maximum Gasteiger partial charge on any atom is 0.482 e. The second-order valence-corrected chi connectivity index (χ2v) is 19.1. The molecule has 0 aromatic carbocycles. The second-order valence-electron chi connectivity index (χ2n) is 5.34. The van der Waals surface area contributed by atoms with Gasteiger partial charge in [0.2, 0.25) is 0 Å². The van der Waals surface area contributed by atoms with E-state index in [-0.39, 0.29) is 55.7 Å². The van der Waals surface area contributed by atoms with Crippen LogP contribution in [0.1, 0.15) is 0 Å². The van der Waals surface area contributed by atoms with Crippen LogP contribution >= 0.6 is 0 Å². The third-order valence-electron chi connectivity index (χ3n) is 2.62. The second kappa shape index (κ2) is 11.0. The van der Waals surface area contributed by atoms with E-state index < -0.39 is 44.0 Å². The third-order valence-corrected chi connectivity index (χ3v) is 19.1. The van der Waals surface area contributed by atoms with Gasteiger partial charge in [-0.25, -0.2) is 0 Å². The molecule has 1 aliphatic heterocycles. The van der Waals surface area contributed by atoms with Crippen LogP contribution in [0.3, 0.4) is 0 Å². The standard InChI is InChI=1S/C7H24O10Si5.3V/c1-11-21(6)14-18(3,8)13-19(4,9)15-22(7,12-2)17-20(5,10)16-21;;;/h8-10H,1-7H3;;;. The Morgan fingerprint density at radius 1 is 0.520 bits per heavy atom. The summed E-state index contributed by atoms with van der Waals surface area (Å²) in [5.74, 6) is 0. The monoisotopic (exact) mass is 561 g/mol. The molecule has 0 saturated carbocycles. The first-order valence-electron chi connectivity index (χ1n) is 6.44. The van der Waals surface area contributed by atoms with Crippen LogP contribution in [0.25, 0.3) is 0 Å². The summed E-state index contributed by atoms with van der Waals surface area (Å²) in [4.78, 5) is 31.1. The molecule has 0 spiro atoms. The van der Waals surface area contributed by atoms with Crippen molar-refractivity contribution < 1.29 is 99.5 Å². The predicted octanol–water partition coefficient (Wildman–Crippen LogP) is -0.811. The van der Waals surface area contributed by atoms with E-state index in [4.69, 9.17) is 29.4 Å². The topological polar surface area (TPSA) is 125 Å². The molecule has 0 aliphatic carbocycles. The van der Waals surface area contributed by atoms with Gasteiger partial charge in [-0.15, -0.1) is 0 Å². The molecule has 4 atom stereocenters. The van der Waals surface area contributed by atoms with E-state index in [2.05, 4.69) is 0 Å². The Labute approximate surface area is 189 Å². The number of hydrogen-bond donors (Lipinski definition) is 3. The van der Waals surface area contributed by atoms with Crippen molar-refractivity contribution in [3.8, 4) is 0 Å². The summed E-state index contributed by atoms with van der Waals surface area (Å²) >= 11 is 0. The molecule has 18 heteroatoms. The van der Waals surface area contributed by atoms with Gasteiger partial charge in [-0.05, 0) is 0 Å². The predicted molar refractivity (Wildman–Crippen MR) is 84.2 cm³/mol. The van der Waals surface area contributed by atoms with Crippen molar-refractivity contribution in [2.24, 2.45) is 0 Å². The van der Waals surface area contributed by atoms with Gasteiger partial charge in [0.05, 0.1) is 0 Å². The van der Waals surface area contributed by atoms with Gasteiger partial charge in [0.1, 0.15) is 0 Å². The zero-order valence-electron chi connectivity index (χ0n) is 15.0. The van der Waals surface area contributed by atoms with Crippen LogP contribution in [0, 0.1) is 0 Å². The van der Waals surface area contributed by atoms with Crippen LogP contribution in [0.5, 0.6) is 0 Å².